The summed E-state index contributed by atoms with van der Waals surface area (Å²) >= 11 is 0. The molecule has 0 saturated carbocycles. The minimum absolute atomic E-state index is 0. The standard InChI is InChI=1S/C23H24N2O5.ClH/c1-29-18-6-7-21-19(12-18)20(13-22(26)30-21)24-17-8-10-25(11-9-17)14-15-2-4-16(5-3-15)23(27)28;/h2-7,12-13,17,24H,8-11,14H2,1H3,(H,27,28);1H. The lowest BCUT2D eigenvalue weighted by Gasteiger charge is -2.33. The molecule has 1 aliphatic heterocycles. The zero-order chi connectivity index (χ0) is 21.1. The van der Waals surface area contributed by atoms with E-state index in [4.69, 9.17) is 14.3 Å². The highest BCUT2D eigenvalue weighted by molar-refractivity contribution is 5.90. The predicted octanol–water partition coefficient (Wildman–Crippen LogP) is 4.00. The molecule has 2 N–H and O–H groups in total. The fourth-order valence-electron chi connectivity index (χ4n) is 3.85. The first-order valence-corrected chi connectivity index (χ1v) is 9.95. The maximum Gasteiger partial charge on any atom is 0.338 e. The van der Waals surface area contributed by atoms with Crippen LogP contribution in [-0.2, 0) is 6.54 Å². The van der Waals surface area contributed by atoms with Gasteiger partial charge in [0, 0.05) is 37.1 Å². The van der Waals surface area contributed by atoms with E-state index in [0.717, 1.165) is 49.1 Å². The first-order chi connectivity index (χ1) is 14.5. The van der Waals surface area contributed by atoms with Crippen molar-refractivity contribution in [3.8, 4) is 5.75 Å². The third kappa shape index (κ3) is 5.37. The van der Waals surface area contributed by atoms with Crippen molar-refractivity contribution >= 4 is 35.0 Å². The number of ether oxygens (including phenoxy) is 1. The van der Waals surface area contributed by atoms with E-state index in [0.29, 0.717) is 16.9 Å². The van der Waals surface area contributed by atoms with Crippen molar-refractivity contribution in [1.29, 1.82) is 0 Å². The fraction of sp³-hybridized carbons (Fsp3) is 0.304. The van der Waals surface area contributed by atoms with Crippen LogP contribution in [0.15, 0.2) is 57.7 Å². The van der Waals surface area contributed by atoms with Gasteiger partial charge in [0.2, 0.25) is 0 Å². The van der Waals surface area contributed by atoms with E-state index in [1.54, 1.807) is 31.4 Å². The molecule has 2 aromatic carbocycles. The minimum Gasteiger partial charge on any atom is -0.497 e. The number of carboxylic acid groups (broad SMARTS) is 1. The topological polar surface area (TPSA) is 92.0 Å². The second kappa shape index (κ2) is 9.85. The van der Waals surface area contributed by atoms with Gasteiger partial charge in [0.1, 0.15) is 11.3 Å². The first kappa shape index (κ1) is 22.7. The van der Waals surface area contributed by atoms with Gasteiger partial charge in [0.05, 0.1) is 18.4 Å². The van der Waals surface area contributed by atoms with Crippen LogP contribution in [0, 0.1) is 0 Å². The molecule has 2 heterocycles. The number of hydrogen-bond acceptors (Lipinski definition) is 6. The monoisotopic (exact) mass is 444 g/mol. The Bertz CT molecular complexity index is 1110. The number of benzene rings is 2. The highest BCUT2D eigenvalue weighted by Crippen LogP contribution is 2.28. The first-order valence-electron chi connectivity index (χ1n) is 9.95. The number of piperidine rings is 1. The number of hydrogen-bond donors (Lipinski definition) is 2. The van der Waals surface area contributed by atoms with E-state index in [1.807, 2.05) is 18.2 Å². The number of rotatable bonds is 6. The molecule has 1 fully saturated rings. The summed E-state index contributed by atoms with van der Waals surface area (Å²) in [4.78, 5) is 25.3. The quantitative estimate of drug-likeness (QED) is 0.555. The molecular weight excluding hydrogens is 420 g/mol. The van der Waals surface area contributed by atoms with Crippen LogP contribution >= 0.6 is 12.4 Å². The summed E-state index contributed by atoms with van der Waals surface area (Å²) < 4.78 is 10.6. The summed E-state index contributed by atoms with van der Waals surface area (Å²) in [5.74, 6) is -0.198. The summed E-state index contributed by atoms with van der Waals surface area (Å²) in [6, 6.07) is 14.2. The van der Waals surface area contributed by atoms with Gasteiger partial charge in [-0.05, 0) is 48.7 Å². The van der Waals surface area contributed by atoms with E-state index in [1.165, 1.54) is 6.07 Å². The van der Waals surface area contributed by atoms with Gasteiger partial charge in [-0.3, -0.25) is 4.90 Å². The van der Waals surface area contributed by atoms with Gasteiger partial charge in [-0.1, -0.05) is 12.1 Å². The largest absolute Gasteiger partial charge is 0.497 e. The molecule has 0 spiro atoms. The Morgan fingerprint density at radius 1 is 1.16 bits per heavy atom. The summed E-state index contributed by atoms with van der Waals surface area (Å²) in [6.45, 7) is 2.63. The third-order valence-corrected chi connectivity index (χ3v) is 5.50. The molecule has 0 unspecified atom stereocenters. The third-order valence-electron chi connectivity index (χ3n) is 5.50. The Labute approximate surface area is 186 Å². The molecule has 7 nitrogen and oxygen atoms in total. The smallest absolute Gasteiger partial charge is 0.338 e. The van der Waals surface area contributed by atoms with Gasteiger partial charge in [0.15, 0.2) is 0 Å². The molecule has 8 heteroatoms. The van der Waals surface area contributed by atoms with Gasteiger partial charge in [-0.15, -0.1) is 12.4 Å². The summed E-state index contributed by atoms with van der Waals surface area (Å²) in [5, 5.41) is 13.4. The zero-order valence-electron chi connectivity index (χ0n) is 17.2. The van der Waals surface area contributed by atoms with Crippen LogP contribution in [0.1, 0.15) is 28.8 Å². The number of carbonyl (C=O) groups is 1. The molecule has 4 rings (SSSR count). The number of likely N-dealkylation sites (tertiary alicyclic amines) is 1. The van der Waals surface area contributed by atoms with Gasteiger partial charge in [-0.2, -0.15) is 0 Å². The van der Waals surface area contributed by atoms with Crippen LogP contribution in [0.25, 0.3) is 11.0 Å². The number of fused-ring (bicyclic) bond motifs is 1. The maximum atomic E-state index is 11.9. The maximum absolute atomic E-state index is 11.9. The highest BCUT2D eigenvalue weighted by Gasteiger charge is 2.20. The van der Waals surface area contributed by atoms with Gasteiger partial charge >= 0.3 is 11.6 Å². The van der Waals surface area contributed by atoms with Crippen LogP contribution in [0.4, 0.5) is 5.69 Å². The van der Waals surface area contributed by atoms with E-state index >= 15 is 0 Å². The van der Waals surface area contributed by atoms with E-state index in [-0.39, 0.29) is 24.1 Å². The van der Waals surface area contributed by atoms with Crippen molar-refractivity contribution in [3.05, 3.63) is 70.1 Å². The van der Waals surface area contributed by atoms with Crippen molar-refractivity contribution in [1.82, 2.24) is 4.90 Å². The molecular formula is C23H25ClN2O5. The van der Waals surface area contributed by atoms with Crippen molar-refractivity contribution in [2.24, 2.45) is 0 Å². The van der Waals surface area contributed by atoms with Crippen LogP contribution in [0.3, 0.4) is 0 Å². The summed E-state index contributed by atoms with van der Waals surface area (Å²) in [7, 11) is 1.61. The van der Waals surface area contributed by atoms with Crippen molar-refractivity contribution in [3.63, 3.8) is 0 Å². The Balaban J connectivity index is 0.00000272. The number of nitrogens with zero attached hydrogens (tertiary/aromatic N) is 1. The average molecular weight is 445 g/mol. The predicted molar refractivity (Wildman–Crippen MR) is 122 cm³/mol. The zero-order valence-corrected chi connectivity index (χ0v) is 18.0. The molecule has 0 bridgehead atoms. The SMILES string of the molecule is COc1ccc2oc(=O)cc(NC3CCN(Cc4ccc(C(=O)O)cc4)CC3)c2c1.Cl. The molecule has 3 aromatic rings. The number of carboxylic acids is 1. The van der Waals surface area contributed by atoms with Crippen molar-refractivity contribution < 1.29 is 19.1 Å². The van der Waals surface area contributed by atoms with Crippen molar-refractivity contribution in [2.45, 2.75) is 25.4 Å². The van der Waals surface area contributed by atoms with Crippen LogP contribution in [0.5, 0.6) is 5.75 Å². The molecule has 1 aromatic heterocycles. The number of methoxy groups -OCH3 is 1. The fourth-order valence-corrected chi connectivity index (χ4v) is 3.85. The molecule has 0 radical (unpaired) electrons. The molecule has 0 amide bonds. The van der Waals surface area contributed by atoms with Crippen LogP contribution in [-0.4, -0.2) is 42.2 Å². The summed E-state index contributed by atoms with van der Waals surface area (Å²) in [6.07, 6.45) is 1.89. The Kier molecular flexibility index (Phi) is 7.20. The Morgan fingerprint density at radius 3 is 2.52 bits per heavy atom. The van der Waals surface area contributed by atoms with Crippen LogP contribution < -0.4 is 15.7 Å². The van der Waals surface area contributed by atoms with Crippen molar-refractivity contribution in [2.75, 3.05) is 25.5 Å². The number of aromatic carboxylic acids is 1. The number of anilines is 1. The Morgan fingerprint density at radius 2 is 1.87 bits per heavy atom. The molecule has 1 aliphatic rings. The molecule has 164 valence electrons. The van der Waals surface area contributed by atoms with Gasteiger partial charge < -0.3 is 19.6 Å². The van der Waals surface area contributed by atoms with E-state index in [9.17, 15) is 9.59 Å². The van der Waals surface area contributed by atoms with E-state index in [2.05, 4.69) is 10.2 Å². The number of nitrogens with one attached hydrogen (secondary N) is 1. The summed E-state index contributed by atoms with van der Waals surface area (Å²) in [5.41, 5.74) is 2.33. The lowest BCUT2D eigenvalue weighted by molar-refractivity contribution is 0.0697. The lowest BCUT2D eigenvalue weighted by Crippen LogP contribution is -2.38. The molecule has 31 heavy (non-hydrogen) atoms. The van der Waals surface area contributed by atoms with E-state index < -0.39 is 5.97 Å². The number of halogens is 1. The lowest BCUT2D eigenvalue weighted by atomic mass is 10.0. The van der Waals surface area contributed by atoms with Gasteiger partial charge in [-0.25, -0.2) is 9.59 Å². The molecule has 0 aliphatic carbocycles. The van der Waals surface area contributed by atoms with Crippen LogP contribution in [0.2, 0.25) is 0 Å². The second-order valence-corrected chi connectivity index (χ2v) is 7.54. The second-order valence-electron chi connectivity index (χ2n) is 7.54. The normalized spacial score (nSPS) is 14.7. The Hall–Kier alpha value is -3.03. The molecule has 1 saturated heterocycles. The highest BCUT2D eigenvalue weighted by atomic mass is 35.5. The minimum atomic E-state index is -0.909. The molecule has 0 atom stereocenters. The van der Waals surface area contributed by atoms with Gasteiger partial charge in [0.25, 0.3) is 0 Å². The average Bonchev–Trinajstić information content (AvgIpc) is 2.75.